The number of hydrogen-bond acceptors (Lipinski definition) is 3. The Morgan fingerprint density at radius 2 is 1.95 bits per heavy atom. The van der Waals surface area contributed by atoms with Gasteiger partial charge in [-0.15, -0.1) is 0 Å². The predicted octanol–water partition coefficient (Wildman–Crippen LogP) is 2.48. The largest absolute Gasteiger partial charge is 0.389 e. The summed E-state index contributed by atoms with van der Waals surface area (Å²) < 4.78 is 13.4. The Balaban J connectivity index is 3.08. The van der Waals surface area contributed by atoms with Gasteiger partial charge in [0.2, 0.25) is 0 Å². The fourth-order valence-corrected chi connectivity index (χ4v) is 2.22. The molecule has 0 aliphatic carbocycles. The summed E-state index contributed by atoms with van der Waals surface area (Å²) >= 11 is 5.05. The lowest BCUT2D eigenvalue weighted by Crippen LogP contribution is -2.35. The van der Waals surface area contributed by atoms with E-state index in [1.165, 1.54) is 12.1 Å². The third kappa shape index (κ3) is 5.06. The van der Waals surface area contributed by atoms with E-state index in [-0.39, 0.29) is 10.8 Å². The Bertz CT molecular complexity index is 460. The maximum Gasteiger partial charge on any atom is 0.124 e. The zero-order valence-corrected chi connectivity index (χ0v) is 13.5. The highest BCUT2D eigenvalue weighted by molar-refractivity contribution is 7.80. The van der Waals surface area contributed by atoms with Crippen LogP contribution in [0.1, 0.15) is 19.4 Å². The number of halogens is 1. The van der Waals surface area contributed by atoms with Crippen LogP contribution in [0.4, 0.5) is 10.1 Å². The molecule has 1 aromatic rings. The van der Waals surface area contributed by atoms with Gasteiger partial charge >= 0.3 is 0 Å². The molecule has 1 rings (SSSR count). The molecule has 0 saturated heterocycles. The van der Waals surface area contributed by atoms with Gasteiger partial charge < -0.3 is 15.5 Å². The minimum absolute atomic E-state index is 0.234. The quantitative estimate of drug-likeness (QED) is 0.784. The lowest BCUT2D eigenvalue weighted by molar-refractivity contribution is 0.409. The molecule has 0 heterocycles. The molecule has 0 fully saturated rings. The average molecular weight is 297 g/mol. The Morgan fingerprint density at radius 3 is 2.45 bits per heavy atom. The van der Waals surface area contributed by atoms with Crippen LogP contribution in [0.3, 0.4) is 0 Å². The van der Waals surface area contributed by atoms with E-state index in [4.69, 9.17) is 18.0 Å². The predicted molar refractivity (Wildman–Crippen MR) is 87.9 cm³/mol. The minimum Gasteiger partial charge on any atom is -0.389 e. The number of rotatable bonds is 7. The summed E-state index contributed by atoms with van der Waals surface area (Å²) in [5.74, 6) is 0.190. The van der Waals surface area contributed by atoms with Gasteiger partial charge in [0.25, 0.3) is 0 Å². The van der Waals surface area contributed by atoms with Crippen molar-refractivity contribution in [1.29, 1.82) is 0 Å². The molecular weight excluding hydrogens is 273 g/mol. The van der Waals surface area contributed by atoms with Gasteiger partial charge in [-0.25, -0.2) is 4.39 Å². The molecule has 1 aromatic carbocycles. The number of anilines is 1. The Hall–Kier alpha value is -1.20. The van der Waals surface area contributed by atoms with Gasteiger partial charge in [0, 0.05) is 30.9 Å². The van der Waals surface area contributed by atoms with Crippen molar-refractivity contribution in [2.45, 2.75) is 13.8 Å². The first-order chi connectivity index (χ1) is 9.31. The molecule has 0 aliphatic rings. The van der Waals surface area contributed by atoms with Crippen molar-refractivity contribution in [2.75, 3.05) is 38.6 Å². The normalized spacial score (nSPS) is 11.2. The van der Waals surface area contributed by atoms with Crippen LogP contribution in [0.2, 0.25) is 0 Å². The lowest BCUT2D eigenvalue weighted by Gasteiger charge is -2.29. The van der Waals surface area contributed by atoms with E-state index >= 15 is 0 Å². The van der Waals surface area contributed by atoms with Crippen LogP contribution >= 0.6 is 12.2 Å². The van der Waals surface area contributed by atoms with E-state index < -0.39 is 0 Å². The molecule has 3 nitrogen and oxygen atoms in total. The second-order valence-electron chi connectivity index (χ2n) is 5.67. The SMILES string of the molecule is CC(C)CN(CCN(C)C)c1ccc(F)cc1C(N)=S. The van der Waals surface area contributed by atoms with Crippen molar-refractivity contribution >= 4 is 22.9 Å². The maximum absolute atomic E-state index is 13.4. The number of nitrogens with zero attached hydrogens (tertiary/aromatic N) is 2. The monoisotopic (exact) mass is 297 g/mol. The zero-order valence-electron chi connectivity index (χ0n) is 12.7. The topological polar surface area (TPSA) is 32.5 Å². The van der Waals surface area contributed by atoms with Crippen LogP contribution in [0.15, 0.2) is 18.2 Å². The Kier molecular flexibility index (Phi) is 6.36. The van der Waals surface area contributed by atoms with Crippen LogP contribution in [-0.4, -0.2) is 43.6 Å². The summed E-state index contributed by atoms with van der Waals surface area (Å²) in [7, 11) is 4.07. The molecule has 0 atom stereocenters. The molecular formula is C15H24FN3S. The Morgan fingerprint density at radius 1 is 1.30 bits per heavy atom. The molecule has 2 N–H and O–H groups in total. The summed E-state index contributed by atoms with van der Waals surface area (Å²) in [5.41, 5.74) is 7.26. The standard InChI is InChI=1S/C15H24FN3S/c1-11(2)10-19(8-7-18(3)4)14-6-5-12(16)9-13(14)15(17)20/h5-6,9,11H,7-8,10H2,1-4H3,(H2,17,20). The highest BCUT2D eigenvalue weighted by Gasteiger charge is 2.15. The van der Waals surface area contributed by atoms with E-state index in [0.717, 1.165) is 25.3 Å². The van der Waals surface area contributed by atoms with E-state index in [2.05, 4.69) is 23.6 Å². The summed E-state index contributed by atoms with van der Waals surface area (Å²) in [4.78, 5) is 4.58. The van der Waals surface area contributed by atoms with Crippen molar-refractivity contribution < 1.29 is 4.39 Å². The number of hydrogen-bond donors (Lipinski definition) is 1. The van der Waals surface area contributed by atoms with Gasteiger partial charge in [0.05, 0.1) is 0 Å². The summed E-state index contributed by atoms with van der Waals surface area (Å²) in [6, 6.07) is 4.64. The van der Waals surface area contributed by atoms with Crippen molar-refractivity contribution in [3.8, 4) is 0 Å². The third-order valence-electron chi connectivity index (χ3n) is 2.97. The fourth-order valence-electron chi connectivity index (χ4n) is 2.05. The maximum atomic E-state index is 13.4. The molecule has 0 unspecified atom stereocenters. The second kappa shape index (κ2) is 7.55. The average Bonchev–Trinajstić information content (AvgIpc) is 2.33. The van der Waals surface area contributed by atoms with E-state index in [9.17, 15) is 4.39 Å². The number of nitrogens with two attached hydrogens (primary N) is 1. The summed E-state index contributed by atoms with van der Waals surface area (Å²) in [6.45, 7) is 6.97. The lowest BCUT2D eigenvalue weighted by atomic mass is 10.1. The molecule has 0 spiro atoms. The molecule has 0 radical (unpaired) electrons. The van der Waals surface area contributed by atoms with Crippen LogP contribution in [-0.2, 0) is 0 Å². The van der Waals surface area contributed by atoms with Crippen LogP contribution in [0.5, 0.6) is 0 Å². The van der Waals surface area contributed by atoms with Crippen LogP contribution in [0, 0.1) is 11.7 Å². The van der Waals surface area contributed by atoms with E-state index in [0.29, 0.717) is 11.5 Å². The fraction of sp³-hybridized carbons (Fsp3) is 0.533. The number of thiocarbonyl (C=S) groups is 1. The number of benzene rings is 1. The summed E-state index contributed by atoms with van der Waals surface area (Å²) in [5, 5.41) is 0. The van der Waals surface area contributed by atoms with E-state index in [1.54, 1.807) is 6.07 Å². The van der Waals surface area contributed by atoms with Crippen molar-refractivity contribution in [2.24, 2.45) is 11.7 Å². The zero-order chi connectivity index (χ0) is 15.3. The van der Waals surface area contributed by atoms with Gasteiger partial charge in [0.15, 0.2) is 0 Å². The smallest absolute Gasteiger partial charge is 0.124 e. The van der Waals surface area contributed by atoms with Crippen LogP contribution in [0.25, 0.3) is 0 Å². The van der Waals surface area contributed by atoms with Gasteiger partial charge in [-0.2, -0.15) is 0 Å². The highest BCUT2D eigenvalue weighted by Crippen LogP contribution is 2.23. The third-order valence-corrected chi connectivity index (χ3v) is 3.19. The first kappa shape index (κ1) is 16.9. The molecule has 0 saturated carbocycles. The van der Waals surface area contributed by atoms with E-state index in [1.807, 2.05) is 14.1 Å². The molecule has 0 aromatic heterocycles. The second-order valence-corrected chi connectivity index (χ2v) is 6.11. The first-order valence-electron chi connectivity index (χ1n) is 6.80. The summed E-state index contributed by atoms with van der Waals surface area (Å²) in [6.07, 6.45) is 0. The van der Waals surface area contributed by atoms with Gasteiger partial charge in [0.1, 0.15) is 10.8 Å². The number of likely N-dealkylation sites (N-methyl/N-ethyl adjacent to an activating group) is 1. The first-order valence-corrected chi connectivity index (χ1v) is 7.21. The molecule has 5 heteroatoms. The van der Waals surface area contributed by atoms with Crippen molar-refractivity contribution in [1.82, 2.24) is 4.90 Å². The highest BCUT2D eigenvalue weighted by atomic mass is 32.1. The molecule has 0 bridgehead atoms. The molecule has 112 valence electrons. The van der Waals surface area contributed by atoms with Crippen molar-refractivity contribution in [3.63, 3.8) is 0 Å². The van der Waals surface area contributed by atoms with Crippen molar-refractivity contribution in [3.05, 3.63) is 29.6 Å². The molecule has 20 heavy (non-hydrogen) atoms. The van der Waals surface area contributed by atoms with Gasteiger partial charge in [-0.1, -0.05) is 26.1 Å². The molecule has 0 aliphatic heterocycles. The molecule has 0 amide bonds. The minimum atomic E-state index is -0.311. The van der Waals surface area contributed by atoms with Gasteiger partial charge in [-0.05, 0) is 38.2 Å². The van der Waals surface area contributed by atoms with Gasteiger partial charge in [-0.3, -0.25) is 0 Å². The van der Waals surface area contributed by atoms with Crippen LogP contribution < -0.4 is 10.6 Å². The Labute approximate surface area is 126 Å².